The summed E-state index contributed by atoms with van der Waals surface area (Å²) in [6.07, 6.45) is 4.14. The van der Waals surface area contributed by atoms with Gasteiger partial charge in [-0.3, -0.25) is 4.79 Å². The van der Waals surface area contributed by atoms with Gasteiger partial charge in [-0.1, -0.05) is 6.92 Å². The van der Waals surface area contributed by atoms with Gasteiger partial charge in [0.25, 0.3) is 0 Å². The zero-order valence-corrected chi connectivity index (χ0v) is 11.1. The van der Waals surface area contributed by atoms with Crippen LogP contribution in [0.4, 0.5) is 0 Å². The molecule has 1 saturated heterocycles. The maximum Gasteiger partial charge on any atom is 0.226 e. The minimum absolute atomic E-state index is 0. The highest BCUT2D eigenvalue weighted by molar-refractivity contribution is 7.98. The molecule has 3 nitrogen and oxygen atoms in total. The predicted octanol–water partition coefficient (Wildman–Crippen LogP) is 1.36. The topological polar surface area (TPSA) is 46.3 Å². The van der Waals surface area contributed by atoms with Crippen LogP contribution in [-0.4, -0.2) is 41.9 Å². The molecule has 1 aliphatic heterocycles. The number of amides is 1. The summed E-state index contributed by atoms with van der Waals surface area (Å²) < 4.78 is 0. The number of hydrogen-bond acceptors (Lipinski definition) is 3. The molecule has 5 heteroatoms. The standard InChI is InChI=1S/C10H20N2OS.ClH/c1-8(7-14-2)10(13)12-5-3-4-9(11)6-12;/h8-9H,3-7,11H2,1-2H3;1H/t8?,9-;/m1./s1. The van der Waals surface area contributed by atoms with E-state index in [1.165, 1.54) is 0 Å². The van der Waals surface area contributed by atoms with E-state index in [0.717, 1.165) is 31.7 Å². The van der Waals surface area contributed by atoms with Gasteiger partial charge in [-0.2, -0.15) is 11.8 Å². The van der Waals surface area contributed by atoms with E-state index in [9.17, 15) is 4.79 Å². The van der Waals surface area contributed by atoms with Gasteiger partial charge in [0, 0.05) is 30.8 Å². The summed E-state index contributed by atoms with van der Waals surface area (Å²) in [5.74, 6) is 1.31. The minimum Gasteiger partial charge on any atom is -0.341 e. The second-order valence-corrected chi connectivity index (χ2v) is 4.95. The molecule has 2 N–H and O–H groups in total. The average Bonchev–Trinajstić information content (AvgIpc) is 2.17. The number of rotatable bonds is 3. The number of hydrogen-bond donors (Lipinski definition) is 1. The summed E-state index contributed by atoms with van der Waals surface area (Å²) in [6.45, 7) is 3.64. The molecule has 1 unspecified atom stereocenters. The Bertz CT molecular complexity index is 204. The molecule has 1 aliphatic rings. The van der Waals surface area contributed by atoms with E-state index in [2.05, 4.69) is 0 Å². The molecule has 0 spiro atoms. The molecule has 0 aromatic heterocycles. The van der Waals surface area contributed by atoms with Crippen LogP contribution in [0.1, 0.15) is 19.8 Å². The van der Waals surface area contributed by atoms with Crippen LogP contribution < -0.4 is 5.73 Å². The Labute approximate surface area is 103 Å². The lowest BCUT2D eigenvalue weighted by Gasteiger charge is -2.32. The van der Waals surface area contributed by atoms with Crippen molar-refractivity contribution in [1.29, 1.82) is 0 Å². The van der Waals surface area contributed by atoms with E-state index in [-0.39, 0.29) is 30.3 Å². The maximum atomic E-state index is 11.9. The van der Waals surface area contributed by atoms with Crippen molar-refractivity contribution < 1.29 is 4.79 Å². The average molecular weight is 253 g/mol. The first kappa shape index (κ1) is 15.1. The molecule has 0 radical (unpaired) electrons. The van der Waals surface area contributed by atoms with Crippen LogP contribution in [0.25, 0.3) is 0 Å². The molecule has 0 aliphatic carbocycles. The second-order valence-electron chi connectivity index (χ2n) is 4.04. The Kier molecular flexibility index (Phi) is 7.40. The van der Waals surface area contributed by atoms with Crippen molar-refractivity contribution in [2.45, 2.75) is 25.8 Å². The van der Waals surface area contributed by atoms with Crippen molar-refractivity contribution >= 4 is 30.1 Å². The normalized spacial score (nSPS) is 23.1. The van der Waals surface area contributed by atoms with Crippen molar-refractivity contribution in [2.75, 3.05) is 25.1 Å². The van der Waals surface area contributed by atoms with Crippen LogP contribution in [0.5, 0.6) is 0 Å². The van der Waals surface area contributed by atoms with Gasteiger partial charge in [0.15, 0.2) is 0 Å². The highest BCUT2D eigenvalue weighted by Crippen LogP contribution is 2.14. The number of thioether (sulfide) groups is 1. The molecular weight excluding hydrogens is 232 g/mol. The first-order chi connectivity index (χ1) is 6.65. The maximum absolute atomic E-state index is 11.9. The van der Waals surface area contributed by atoms with Gasteiger partial charge in [-0.05, 0) is 19.1 Å². The van der Waals surface area contributed by atoms with Gasteiger partial charge in [0.1, 0.15) is 0 Å². The molecule has 2 atom stereocenters. The summed E-state index contributed by atoms with van der Waals surface area (Å²) in [6, 6.07) is 0.189. The molecule has 0 aromatic rings. The molecule has 0 bridgehead atoms. The summed E-state index contributed by atoms with van der Waals surface area (Å²) in [7, 11) is 0. The first-order valence-corrected chi connectivity index (χ1v) is 6.58. The van der Waals surface area contributed by atoms with Crippen molar-refractivity contribution in [3.05, 3.63) is 0 Å². The molecule has 15 heavy (non-hydrogen) atoms. The monoisotopic (exact) mass is 252 g/mol. The highest BCUT2D eigenvalue weighted by Gasteiger charge is 2.24. The smallest absolute Gasteiger partial charge is 0.226 e. The molecule has 90 valence electrons. The molecule has 1 rings (SSSR count). The summed E-state index contributed by atoms with van der Waals surface area (Å²) >= 11 is 1.72. The Morgan fingerprint density at radius 1 is 1.67 bits per heavy atom. The summed E-state index contributed by atoms with van der Waals surface area (Å²) in [5, 5.41) is 0. The first-order valence-electron chi connectivity index (χ1n) is 5.18. The van der Waals surface area contributed by atoms with Gasteiger partial charge in [-0.25, -0.2) is 0 Å². The number of carbonyl (C=O) groups is 1. The number of likely N-dealkylation sites (tertiary alicyclic amines) is 1. The summed E-state index contributed by atoms with van der Waals surface area (Å²) in [4.78, 5) is 13.8. The van der Waals surface area contributed by atoms with Crippen LogP contribution in [0.2, 0.25) is 0 Å². The Hall–Kier alpha value is 0.0700. The van der Waals surface area contributed by atoms with Crippen LogP contribution in [0.15, 0.2) is 0 Å². The van der Waals surface area contributed by atoms with Gasteiger partial charge in [-0.15, -0.1) is 12.4 Å². The van der Waals surface area contributed by atoms with Crippen LogP contribution in [-0.2, 0) is 4.79 Å². The fraction of sp³-hybridized carbons (Fsp3) is 0.900. The number of nitrogens with two attached hydrogens (primary N) is 1. The Balaban J connectivity index is 0.00000196. The number of nitrogens with zero attached hydrogens (tertiary/aromatic N) is 1. The molecule has 1 amide bonds. The third kappa shape index (κ3) is 4.62. The third-order valence-corrected chi connectivity index (χ3v) is 3.44. The molecule has 1 fully saturated rings. The fourth-order valence-corrected chi connectivity index (χ4v) is 2.49. The van der Waals surface area contributed by atoms with Gasteiger partial charge in [0.2, 0.25) is 5.91 Å². The largest absolute Gasteiger partial charge is 0.341 e. The van der Waals surface area contributed by atoms with Gasteiger partial charge in [0.05, 0.1) is 0 Å². The van der Waals surface area contributed by atoms with Crippen molar-refractivity contribution in [2.24, 2.45) is 11.7 Å². The Morgan fingerprint density at radius 3 is 2.87 bits per heavy atom. The van der Waals surface area contributed by atoms with Gasteiger partial charge >= 0.3 is 0 Å². The van der Waals surface area contributed by atoms with Crippen LogP contribution in [0, 0.1) is 5.92 Å². The zero-order valence-electron chi connectivity index (χ0n) is 9.44. The number of halogens is 1. The van der Waals surface area contributed by atoms with E-state index in [1.807, 2.05) is 18.1 Å². The molecule has 1 heterocycles. The molecular formula is C10H21ClN2OS. The lowest BCUT2D eigenvalue weighted by molar-refractivity contribution is -0.135. The predicted molar refractivity (Wildman–Crippen MR) is 68.6 cm³/mol. The summed E-state index contributed by atoms with van der Waals surface area (Å²) in [5.41, 5.74) is 5.84. The van der Waals surface area contributed by atoms with Crippen LogP contribution >= 0.6 is 24.2 Å². The fourth-order valence-electron chi connectivity index (χ4n) is 1.84. The lowest BCUT2D eigenvalue weighted by Crippen LogP contribution is -2.47. The van der Waals surface area contributed by atoms with E-state index in [0.29, 0.717) is 0 Å². The second kappa shape index (κ2) is 7.36. The van der Waals surface area contributed by atoms with E-state index in [4.69, 9.17) is 5.73 Å². The van der Waals surface area contributed by atoms with Crippen molar-refractivity contribution in [3.8, 4) is 0 Å². The number of carbonyl (C=O) groups excluding carboxylic acids is 1. The number of piperidine rings is 1. The van der Waals surface area contributed by atoms with Crippen LogP contribution in [0.3, 0.4) is 0 Å². The molecule has 0 saturated carbocycles. The lowest BCUT2D eigenvalue weighted by atomic mass is 10.0. The molecule has 0 aromatic carbocycles. The zero-order chi connectivity index (χ0) is 10.6. The van der Waals surface area contributed by atoms with E-state index < -0.39 is 0 Å². The minimum atomic E-state index is 0. The SMILES string of the molecule is CSCC(C)C(=O)N1CCC[C@@H](N)C1.Cl. The third-order valence-electron chi connectivity index (χ3n) is 2.61. The van der Waals surface area contributed by atoms with Crippen molar-refractivity contribution in [1.82, 2.24) is 4.90 Å². The Morgan fingerprint density at radius 2 is 2.33 bits per heavy atom. The van der Waals surface area contributed by atoms with E-state index in [1.54, 1.807) is 11.8 Å². The van der Waals surface area contributed by atoms with Crippen molar-refractivity contribution in [3.63, 3.8) is 0 Å². The highest BCUT2D eigenvalue weighted by atomic mass is 35.5. The van der Waals surface area contributed by atoms with E-state index >= 15 is 0 Å². The van der Waals surface area contributed by atoms with Gasteiger partial charge < -0.3 is 10.6 Å². The quantitative estimate of drug-likeness (QED) is 0.825.